The normalized spacial score (nSPS) is 33.2. The highest BCUT2D eigenvalue weighted by Gasteiger charge is 2.59. The van der Waals surface area contributed by atoms with Crippen LogP contribution in [0.5, 0.6) is 0 Å². The van der Waals surface area contributed by atoms with Gasteiger partial charge in [0.05, 0.1) is 18.1 Å². The van der Waals surface area contributed by atoms with E-state index in [0.29, 0.717) is 6.04 Å². The van der Waals surface area contributed by atoms with E-state index in [4.69, 9.17) is 5.73 Å². The summed E-state index contributed by atoms with van der Waals surface area (Å²) in [5.74, 6) is 2.37. The molecule has 1 aromatic heterocycles. The van der Waals surface area contributed by atoms with Crippen molar-refractivity contribution < 1.29 is 8.78 Å². The molecule has 0 atom stereocenters. The number of nitrogens with two attached hydrogens (primary N) is 1. The second-order valence-corrected chi connectivity index (χ2v) is 9.90. The average Bonchev–Trinajstić information content (AvgIpc) is 2.59. The Morgan fingerprint density at radius 1 is 1.18 bits per heavy atom. The van der Waals surface area contributed by atoms with Crippen molar-refractivity contribution in [2.45, 2.75) is 76.8 Å². The highest BCUT2D eigenvalue weighted by molar-refractivity contribution is 5.44. The van der Waals surface area contributed by atoms with E-state index < -0.39 is 12.0 Å². The van der Waals surface area contributed by atoms with Gasteiger partial charge in [-0.15, -0.1) is 0 Å². The summed E-state index contributed by atoms with van der Waals surface area (Å²) in [7, 11) is 0. The van der Waals surface area contributed by atoms with Crippen LogP contribution in [0.4, 0.5) is 20.4 Å². The van der Waals surface area contributed by atoms with E-state index in [0.717, 1.165) is 62.2 Å². The standard InChI is InChI=1S/C21H33F2N5/c1-14(2)15-3-5-28(6-4-15)19-25-10-17(11-26-19)27-16-7-20(8-16)12-21(24,13-20)9-18(22)23/h10-11,14-16,18,27H,3-9,12-13,24H2,1-2H3. The van der Waals surface area contributed by atoms with Crippen LogP contribution < -0.4 is 16.0 Å². The van der Waals surface area contributed by atoms with E-state index in [1.807, 2.05) is 12.4 Å². The largest absolute Gasteiger partial charge is 0.380 e. The number of hydrogen-bond donors (Lipinski definition) is 2. The number of piperidine rings is 1. The summed E-state index contributed by atoms with van der Waals surface area (Å²) in [6.45, 7) is 6.66. The SMILES string of the molecule is CC(C)C1CCN(c2ncc(NC3CC4(C3)CC(N)(CC(F)F)C4)cn2)CC1. The number of aromatic nitrogens is 2. The quantitative estimate of drug-likeness (QED) is 0.763. The van der Waals surface area contributed by atoms with E-state index in [1.54, 1.807) is 0 Å². The van der Waals surface area contributed by atoms with Gasteiger partial charge in [-0.3, -0.25) is 0 Å². The number of halogens is 2. The number of anilines is 2. The van der Waals surface area contributed by atoms with Gasteiger partial charge in [0, 0.05) is 31.1 Å². The van der Waals surface area contributed by atoms with Crippen LogP contribution in [0.15, 0.2) is 12.4 Å². The molecule has 0 unspecified atom stereocenters. The molecule has 4 rings (SSSR count). The molecule has 0 radical (unpaired) electrons. The Kier molecular flexibility index (Phi) is 5.23. The number of alkyl halides is 2. The topological polar surface area (TPSA) is 67.1 Å². The second kappa shape index (κ2) is 7.39. The fourth-order valence-electron chi connectivity index (χ4n) is 5.83. The van der Waals surface area contributed by atoms with Crippen LogP contribution in [0.2, 0.25) is 0 Å². The summed E-state index contributed by atoms with van der Waals surface area (Å²) in [6.07, 6.45) is 7.13. The van der Waals surface area contributed by atoms with Crippen LogP contribution in [-0.4, -0.2) is 41.1 Å². The molecule has 2 aliphatic carbocycles. The fraction of sp³-hybridized carbons (Fsp3) is 0.810. The molecule has 2 saturated carbocycles. The van der Waals surface area contributed by atoms with Crippen LogP contribution >= 0.6 is 0 Å². The van der Waals surface area contributed by atoms with E-state index in [2.05, 4.69) is 34.0 Å². The van der Waals surface area contributed by atoms with Gasteiger partial charge in [-0.1, -0.05) is 13.8 Å². The molecule has 1 aromatic rings. The maximum atomic E-state index is 12.6. The molecule has 5 nitrogen and oxygen atoms in total. The third kappa shape index (κ3) is 4.09. The molecule has 28 heavy (non-hydrogen) atoms. The molecule has 7 heteroatoms. The van der Waals surface area contributed by atoms with Crippen molar-refractivity contribution in [1.29, 1.82) is 0 Å². The minimum absolute atomic E-state index is 0.170. The first-order chi connectivity index (χ1) is 13.3. The minimum atomic E-state index is -2.30. The number of hydrogen-bond acceptors (Lipinski definition) is 5. The fourth-order valence-corrected chi connectivity index (χ4v) is 5.83. The third-order valence-electron chi connectivity index (χ3n) is 7.15. The highest BCUT2D eigenvalue weighted by atomic mass is 19.3. The number of nitrogens with one attached hydrogen (secondary N) is 1. The van der Waals surface area contributed by atoms with E-state index in [1.165, 1.54) is 12.8 Å². The van der Waals surface area contributed by atoms with Crippen LogP contribution in [0.3, 0.4) is 0 Å². The smallest absolute Gasteiger partial charge is 0.240 e. The second-order valence-electron chi connectivity index (χ2n) is 9.90. The van der Waals surface area contributed by atoms with Crippen LogP contribution in [0.1, 0.15) is 58.8 Å². The Morgan fingerprint density at radius 2 is 1.79 bits per heavy atom. The lowest BCUT2D eigenvalue weighted by Crippen LogP contribution is -2.65. The van der Waals surface area contributed by atoms with Crippen molar-refractivity contribution in [1.82, 2.24) is 9.97 Å². The van der Waals surface area contributed by atoms with Crippen molar-refractivity contribution in [2.75, 3.05) is 23.3 Å². The zero-order valence-electron chi connectivity index (χ0n) is 17.0. The van der Waals surface area contributed by atoms with Gasteiger partial charge in [0.1, 0.15) is 0 Å². The molecule has 156 valence electrons. The van der Waals surface area contributed by atoms with Gasteiger partial charge in [0.25, 0.3) is 0 Å². The lowest BCUT2D eigenvalue weighted by molar-refractivity contribution is -0.0731. The molecule has 2 heterocycles. The Hall–Kier alpha value is -1.50. The average molecular weight is 394 g/mol. The maximum absolute atomic E-state index is 12.6. The summed E-state index contributed by atoms with van der Waals surface area (Å²) in [6, 6.07) is 0.368. The molecule has 3 fully saturated rings. The Morgan fingerprint density at radius 3 is 2.32 bits per heavy atom. The Balaban J connectivity index is 1.22. The van der Waals surface area contributed by atoms with Crippen LogP contribution in [0, 0.1) is 17.3 Å². The predicted octanol–water partition coefficient (Wildman–Crippen LogP) is 4.06. The highest BCUT2D eigenvalue weighted by Crippen LogP contribution is 2.61. The summed E-state index contributed by atoms with van der Waals surface area (Å²) in [4.78, 5) is 11.4. The maximum Gasteiger partial charge on any atom is 0.240 e. The van der Waals surface area contributed by atoms with E-state index in [9.17, 15) is 8.78 Å². The third-order valence-corrected chi connectivity index (χ3v) is 7.15. The molecule has 0 bridgehead atoms. The summed E-state index contributed by atoms with van der Waals surface area (Å²) < 4.78 is 25.2. The summed E-state index contributed by atoms with van der Waals surface area (Å²) in [5.41, 5.74) is 6.55. The zero-order valence-corrected chi connectivity index (χ0v) is 17.0. The van der Waals surface area contributed by atoms with Gasteiger partial charge < -0.3 is 16.0 Å². The lowest BCUT2D eigenvalue weighted by atomic mass is 9.46. The Bertz CT molecular complexity index is 656. The van der Waals surface area contributed by atoms with Gasteiger partial charge >= 0.3 is 0 Å². The first kappa shape index (κ1) is 19.8. The molecule has 1 aliphatic heterocycles. The van der Waals surface area contributed by atoms with Crippen molar-refractivity contribution >= 4 is 11.6 Å². The van der Waals surface area contributed by atoms with Crippen molar-refractivity contribution in [3.8, 4) is 0 Å². The number of nitrogens with zero attached hydrogens (tertiary/aromatic N) is 3. The monoisotopic (exact) mass is 393 g/mol. The van der Waals surface area contributed by atoms with E-state index >= 15 is 0 Å². The first-order valence-corrected chi connectivity index (χ1v) is 10.7. The molecule has 3 N–H and O–H groups in total. The van der Waals surface area contributed by atoms with Gasteiger partial charge in [-0.25, -0.2) is 18.7 Å². The molecular weight excluding hydrogens is 360 g/mol. The lowest BCUT2D eigenvalue weighted by Gasteiger charge is -2.62. The van der Waals surface area contributed by atoms with Crippen molar-refractivity contribution in [2.24, 2.45) is 23.0 Å². The molecule has 0 amide bonds. The van der Waals surface area contributed by atoms with E-state index in [-0.39, 0.29) is 11.8 Å². The number of rotatable bonds is 6. The van der Waals surface area contributed by atoms with Crippen LogP contribution in [-0.2, 0) is 0 Å². The van der Waals surface area contributed by atoms with Crippen molar-refractivity contribution in [3.05, 3.63) is 12.4 Å². The zero-order chi connectivity index (χ0) is 19.9. The predicted molar refractivity (Wildman–Crippen MR) is 108 cm³/mol. The van der Waals surface area contributed by atoms with Gasteiger partial charge in [-0.2, -0.15) is 0 Å². The van der Waals surface area contributed by atoms with Gasteiger partial charge in [0.15, 0.2) is 0 Å². The van der Waals surface area contributed by atoms with Crippen molar-refractivity contribution in [3.63, 3.8) is 0 Å². The van der Waals surface area contributed by atoms with Gasteiger partial charge in [-0.05, 0) is 55.8 Å². The molecule has 0 aromatic carbocycles. The molecule has 1 spiro atoms. The van der Waals surface area contributed by atoms with Crippen LogP contribution in [0.25, 0.3) is 0 Å². The Labute approximate surface area is 166 Å². The molecular formula is C21H33F2N5. The molecule has 3 aliphatic rings. The summed E-state index contributed by atoms with van der Waals surface area (Å²) in [5, 5.41) is 3.49. The minimum Gasteiger partial charge on any atom is -0.380 e. The van der Waals surface area contributed by atoms with Gasteiger partial charge in [0.2, 0.25) is 12.4 Å². The first-order valence-electron chi connectivity index (χ1n) is 10.7. The molecule has 1 saturated heterocycles. The summed E-state index contributed by atoms with van der Waals surface area (Å²) >= 11 is 0.